The molecule has 0 saturated carbocycles. The Bertz CT molecular complexity index is 660. The van der Waals surface area contributed by atoms with Gasteiger partial charge in [0, 0.05) is 31.3 Å². The van der Waals surface area contributed by atoms with Gasteiger partial charge in [-0.3, -0.25) is 4.79 Å². The Morgan fingerprint density at radius 1 is 1.19 bits per heavy atom. The molecule has 0 atom stereocenters. The van der Waals surface area contributed by atoms with E-state index in [9.17, 15) is 9.18 Å². The van der Waals surface area contributed by atoms with Crippen molar-refractivity contribution in [3.63, 3.8) is 0 Å². The molecule has 0 N–H and O–H groups in total. The fraction of sp³-hybridized carbons (Fsp3) is 0.188. The highest BCUT2D eigenvalue weighted by atomic mass is 35.5. The van der Waals surface area contributed by atoms with Crippen LogP contribution in [0.3, 0.4) is 0 Å². The number of rotatable bonds is 5. The zero-order chi connectivity index (χ0) is 15.4. The maximum absolute atomic E-state index is 13.2. The predicted octanol–water partition coefficient (Wildman–Crippen LogP) is 4.84. The maximum Gasteiger partial charge on any atom is 0.166 e. The second kappa shape index (κ2) is 6.92. The van der Waals surface area contributed by atoms with Crippen LogP contribution in [0.4, 0.5) is 10.1 Å². The van der Waals surface area contributed by atoms with Gasteiger partial charge in [-0.25, -0.2) is 4.39 Å². The first-order valence-corrected chi connectivity index (χ1v) is 7.18. The molecule has 2 rings (SSSR count). The largest absolute Gasteiger partial charge is 0.374 e. The van der Waals surface area contributed by atoms with Gasteiger partial charge < -0.3 is 4.90 Å². The van der Waals surface area contributed by atoms with Gasteiger partial charge in [-0.15, -0.1) is 0 Å². The summed E-state index contributed by atoms with van der Waals surface area (Å²) in [6, 6.07) is 11.2. The number of anilines is 1. The molecule has 0 aliphatic carbocycles. The number of carbonyl (C=O) groups is 1. The average molecular weight is 326 g/mol. The van der Waals surface area contributed by atoms with E-state index in [0.29, 0.717) is 17.1 Å². The van der Waals surface area contributed by atoms with Crippen molar-refractivity contribution in [1.29, 1.82) is 0 Å². The minimum absolute atomic E-state index is 0.0919. The van der Waals surface area contributed by atoms with Gasteiger partial charge >= 0.3 is 0 Å². The Morgan fingerprint density at radius 3 is 2.62 bits per heavy atom. The van der Waals surface area contributed by atoms with Gasteiger partial charge in [-0.2, -0.15) is 0 Å². The summed E-state index contributed by atoms with van der Waals surface area (Å²) in [7, 11) is 1.81. The fourth-order valence-electron chi connectivity index (χ4n) is 1.97. The van der Waals surface area contributed by atoms with E-state index in [1.165, 1.54) is 12.1 Å². The standard InChI is InChI=1S/C16H14Cl2FNO/c1-20(12-5-2-4-11(19)10-12)9-8-15(21)13-6-3-7-14(17)16(13)18/h2-7,10H,8-9H2,1H3. The van der Waals surface area contributed by atoms with E-state index >= 15 is 0 Å². The summed E-state index contributed by atoms with van der Waals surface area (Å²) in [5.41, 5.74) is 1.14. The Hall–Kier alpha value is -1.58. The van der Waals surface area contributed by atoms with Crippen LogP contribution >= 0.6 is 23.2 Å². The van der Waals surface area contributed by atoms with Crippen molar-refractivity contribution >= 4 is 34.7 Å². The van der Waals surface area contributed by atoms with Gasteiger partial charge in [-0.1, -0.05) is 35.3 Å². The molecule has 2 nitrogen and oxygen atoms in total. The van der Waals surface area contributed by atoms with Crippen molar-refractivity contribution in [2.24, 2.45) is 0 Å². The van der Waals surface area contributed by atoms with Crippen molar-refractivity contribution in [1.82, 2.24) is 0 Å². The van der Waals surface area contributed by atoms with E-state index in [1.807, 2.05) is 11.9 Å². The molecule has 21 heavy (non-hydrogen) atoms. The first kappa shape index (κ1) is 15.8. The smallest absolute Gasteiger partial charge is 0.166 e. The zero-order valence-electron chi connectivity index (χ0n) is 11.4. The van der Waals surface area contributed by atoms with Crippen molar-refractivity contribution in [3.8, 4) is 0 Å². The number of hydrogen-bond acceptors (Lipinski definition) is 2. The molecule has 2 aromatic carbocycles. The molecule has 0 heterocycles. The molecule has 0 fully saturated rings. The highest BCUT2D eigenvalue weighted by Crippen LogP contribution is 2.26. The zero-order valence-corrected chi connectivity index (χ0v) is 13.0. The van der Waals surface area contributed by atoms with Gasteiger partial charge in [0.1, 0.15) is 5.82 Å². The molecular weight excluding hydrogens is 312 g/mol. The van der Waals surface area contributed by atoms with Gasteiger partial charge in [0.15, 0.2) is 5.78 Å². The van der Waals surface area contributed by atoms with Crippen LogP contribution in [0.5, 0.6) is 0 Å². The quantitative estimate of drug-likeness (QED) is 0.733. The maximum atomic E-state index is 13.2. The molecule has 2 aromatic rings. The summed E-state index contributed by atoms with van der Waals surface area (Å²) in [5.74, 6) is -0.394. The molecule has 5 heteroatoms. The van der Waals surface area contributed by atoms with E-state index in [-0.39, 0.29) is 23.0 Å². The average Bonchev–Trinajstić information content (AvgIpc) is 2.47. The second-order valence-electron chi connectivity index (χ2n) is 4.68. The number of hydrogen-bond donors (Lipinski definition) is 0. The third-order valence-electron chi connectivity index (χ3n) is 3.18. The lowest BCUT2D eigenvalue weighted by atomic mass is 10.1. The minimum atomic E-state index is -0.302. The Balaban J connectivity index is 2.02. The van der Waals surface area contributed by atoms with Crippen molar-refractivity contribution < 1.29 is 9.18 Å². The van der Waals surface area contributed by atoms with E-state index in [2.05, 4.69) is 0 Å². The third kappa shape index (κ3) is 3.96. The van der Waals surface area contributed by atoms with Crippen LogP contribution in [0.25, 0.3) is 0 Å². The first-order valence-electron chi connectivity index (χ1n) is 6.43. The Morgan fingerprint density at radius 2 is 1.90 bits per heavy atom. The van der Waals surface area contributed by atoms with E-state index in [4.69, 9.17) is 23.2 Å². The summed E-state index contributed by atoms with van der Waals surface area (Å²) in [5, 5.41) is 0.638. The monoisotopic (exact) mass is 325 g/mol. The summed E-state index contributed by atoms with van der Waals surface area (Å²) in [4.78, 5) is 14.0. The molecule has 0 spiro atoms. The van der Waals surface area contributed by atoms with Gasteiger partial charge in [0.25, 0.3) is 0 Å². The normalized spacial score (nSPS) is 10.5. The van der Waals surface area contributed by atoms with Crippen molar-refractivity contribution in [2.45, 2.75) is 6.42 Å². The first-order chi connectivity index (χ1) is 9.99. The van der Waals surface area contributed by atoms with Crippen molar-refractivity contribution in [3.05, 3.63) is 63.9 Å². The minimum Gasteiger partial charge on any atom is -0.374 e. The number of Topliss-reactive ketones (excluding diaryl/α,β-unsaturated/α-hetero) is 1. The summed E-state index contributed by atoms with van der Waals surface area (Å²) in [6.07, 6.45) is 0.271. The lowest BCUT2D eigenvalue weighted by Gasteiger charge is -2.19. The number of benzene rings is 2. The fourth-order valence-corrected chi connectivity index (χ4v) is 2.37. The van der Waals surface area contributed by atoms with Crippen LogP contribution < -0.4 is 4.90 Å². The van der Waals surface area contributed by atoms with Crippen LogP contribution in [0.15, 0.2) is 42.5 Å². The van der Waals surface area contributed by atoms with Gasteiger partial charge in [0.2, 0.25) is 0 Å². The van der Waals surface area contributed by atoms with Crippen molar-refractivity contribution in [2.75, 3.05) is 18.5 Å². The second-order valence-corrected chi connectivity index (χ2v) is 5.46. The Labute approximate surface area is 133 Å². The summed E-state index contributed by atoms with van der Waals surface area (Å²) < 4.78 is 13.2. The van der Waals surface area contributed by atoms with Crippen LogP contribution in [-0.2, 0) is 0 Å². The molecule has 0 aliphatic heterocycles. The number of carbonyl (C=O) groups excluding carboxylic acids is 1. The highest BCUT2D eigenvalue weighted by Gasteiger charge is 2.13. The number of nitrogens with zero attached hydrogens (tertiary/aromatic N) is 1. The third-order valence-corrected chi connectivity index (χ3v) is 3.99. The van der Waals surface area contributed by atoms with Gasteiger partial charge in [0.05, 0.1) is 10.0 Å². The van der Waals surface area contributed by atoms with Crippen LogP contribution in [0.1, 0.15) is 16.8 Å². The lowest BCUT2D eigenvalue weighted by molar-refractivity contribution is 0.0985. The molecular formula is C16H14Cl2FNO. The molecule has 0 aromatic heterocycles. The van der Waals surface area contributed by atoms with Crippen LogP contribution in [-0.4, -0.2) is 19.4 Å². The van der Waals surface area contributed by atoms with Gasteiger partial charge in [-0.05, 0) is 30.3 Å². The molecule has 0 radical (unpaired) electrons. The topological polar surface area (TPSA) is 20.3 Å². The molecule has 0 bridgehead atoms. The SMILES string of the molecule is CN(CCC(=O)c1cccc(Cl)c1Cl)c1cccc(F)c1. The highest BCUT2D eigenvalue weighted by molar-refractivity contribution is 6.43. The van der Waals surface area contributed by atoms with Crippen LogP contribution in [0, 0.1) is 5.82 Å². The summed E-state index contributed by atoms with van der Waals surface area (Å²) >= 11 is 11.9. The predicted molar refractivity (Wildman–Crippen MR) is 85.1 cm³/mol. The Kier molecular flexibility index (Phi) is 5.21. The van der Waals surface area contributed by atoms with E-state index in [0.717, 1.165) is 5.69 Å². The lowest BCUT2D eigenvalue weighted by Crippen LogP contribution is -2.21. The summed E-state index contributed by atoms with van der Waals surface area (Å²) in [6.45, 7) is 0.463. The molecule has 110 valence electrons. The molecule has 0 saturated heterocycles. The molecule has 0 unspecified atom stereocenters. The van der Waals surface area contributed by atoms with Crippen LogP contribution in [0.2, 0.25) is 10.0 Å². The number of ketones is 1. The molecule has 0 amide bonds. The molecule has 0 aliphatic rings. The number of halogens is 3. The van der Waals surface area contributed by atoms with E-state index in [1.54, 1.807) is 30.3 Å². The van der Waals surface area contributed by atoms with E-state index < -0.39 is 0 Å².